The molecule has 2 aromatic heterocycles. The molecule has 0 unspecified atom stereocenters. The molecular formula is C10H12BrN3O2. The van der Waals surface area contributed by atoms with E-state index in [1.165, 1.54) is 0 Å². The average Bonchev–Trinajstić information content (AvgIpc) is 2.87. The summed E-state index contributed by atoms with van der Waals surface area (Å²) in [5.41, 5.74) is 0. The topological polar surface area (TPSA) is 64.1 Å². The fourth-order valence-electron chi connectivity index (χ4n) is 1.26. The van der Waals surface area contributed by atoms with Gasteiger partial charge in [0.2, 0.25) is 5.89 Å². The van der Waals surface area contributed by atoms with Gasteiger partial charge in [-0.3, -0.25) is 0 Å². The van der Waals surface area contributed by atoms with E-state index in [9.17, 15) is 0 Å². The van der Waals surface area contributed by atoms with E-state index in [2.05, 4.69) is 38.4 Å². The van der Waals surface area contributed by atoms with E-state index >= 15 is 0 Å². The number of hydrogen-bond donors (Lipinski definition) is 1. The average molecular weight is 286 g/mol. The standard InChI is InChI=1S/C10H12BrN3O2/c1-2-12-6-5-9-13-14-10(16-9)7-3-4-8(11)15-7/h3-4,12H,2,5-6H2,1H3. The summed E-state index contributed by atoms with van der Waals surface area (Å²) in [4.78, 5) is 0. The van der Waals surface area contributed by atoms with Crippen LogP contribution in [0.4, 0.5) is 0 Å². The lowest BCUT2D eigenvalue weighted by atomic mass is 10.4. The van der Waals surface area contributed by atoms with Crippen molar-refractivity contribution in [3.05, 3.63) is 22.7 Å². The van der Waals surface area contributed by atoms with Crippen LogP contribution in [0.25, 0.3) is 11.7 Å². The molecule has 0 atom stereocenters. The summed E-state index contributed by atoms with van der Waals surface area (Å²) in [5.74, 6) is 1.61. The molecule has 0 saturated carbocycles. The molecule has 16 heavy (non-hydrogen) atoms. The highest BCUT2D eigenvalue weighted by Crippen LogP contribution is 2.23. The van der Waals surface area contributed by atoms with Gasteiger partial charge >= 0.3 is 0 Å². The highest BCUT2D eigenvalue weighted by atomic mass is 79.9. The number of likely N-dealkylation sites (N-methyl/N-ethyl adjacent to an activating group) is 1. The van der Waals surface area contributed by atoms with Crippen LogP contribution in [0, 0.1) is 0 Å². The number of halogens is 1. The molecule has 0 aliphatic heterocycles. The molecule has 5 nitrogen and oxygen atoms in total. The van der Waals surface area contributed by atoms with E-state index in [0.717, 1.165) is 19.5 Å². The van der Waals surface area contributed by atoms with E-state index in [4.69, 9.17) is 8.83 Å². The van der Waals surface area contributed by atoms with Gasteiger partial charge in [0.1, 0.15) is 0 Å². The molecule has 2 aromatic rings. The molecule has 0 aliphatic carbocycles. The van der Waals surface area contributed by atoms with E-state index in [1.54, 1.807) is 12.1 Å². The predicted molar refractivity (Wildman–Crippen MR) is 61.9 cm³/mol. The molecule has 0 bridgehead atoms. The molecule has 2 heterocycles. The Balaban J connectivity index is 2.02. The molecule has 0 saturated heterocycles. The van der Waals surface area contributed by atoms with Gasteiger partial charge in [0.25, 0.3) is 5.89 Å². The van der Waals surface area contributed by atoms with Crippen LogP contribution in [0.15, 0.2) is 25.6 Å². The van der Waals surface area contributed by atoms with Gasteiger partial charge in [0.15, 0.2) is 10.4 Å². The molecule has 6 heteroatoms. The Hall–Kier alpha value is -1.14. The van der Waals surface area contributed by atoms with Gasteiger partial charge in [-0.25, -0.2) is 0 Å². The van der Waals surface area contributed by atoms with Gasteiger partial charge in [0.05, 0.1) is 0 Å². The van der Waals surface area contributed by atoms with Crippen LogP contribution in [0.5, 0.6) is 0 Å². The number of aromatic nitrogens is 2. The number of nitrogens with one attached hydrogen (secondary N) is 1. The highest BCUT2D eigenvalue weighted by Gasteiger charge is 2.11. The second-order valence-corrected chi connectivity index (χ2v) is 3.99. The maximum absolute atomic E-state index is 5.45. The molecule has 0 radical (unpaired) electrons. The third kappa shape index (κ3) is 2.70. The monoisotopic (exact) mass is 285 g/mol. The molecule has 1 N–H and O–H groups in total. The second kappa shape index (κ2) is 5.27. The predicted octanol–water partition coefficient (Wildman–Crippen LogP) is 2.24. The Morgan fingerprint density at radius 2 is 2.19 bits per heavy atom. The first-order valence-corrected chi connectivity index (χ1v) is 5.87. The van der Waals surface area contributed by atoms with Crippen molar-refractivity contribution in [2.75, 3.05) is 13.1 Å². The van der Waals surface area contributed by atoms with Gasteiger partial charge in [-0.05, 0) is 34.6 Å². The zero-order valence-electron chi connectivity index (χ0n) is 8.86. The number of hydrogen-bond acceptors (Lipinski definition) is 5. The number of nitrogens with zero attached hydrogens (tertiary/aromatic N) is 2. The normalized spacial score (nSPS) is 10.9. The maximum Gasteiger partial charge on any atom is 0.283 e. The first-order valence-electron chi connectivity index (χ1n) is 5.08. The van der Waals surface area contributed by atoms with Crippen molar-refractivity contribution in [2.24, 2.45) is 0 Å². The van der Waals surface area contributed by atoms with Crippen molar-refractivity contribution in [1.29, 1.82) is 0 Å². The van der Waals surface area contributed by atoms with Crippen LogP contribution < -0.4 is 5.32 Å². The molecule has 86 valence electrons. The summed E-state index contributed by atoms with van der Waals surface area (Å²) < 4.78 is 11.4. The number of furan rings is 1. The van der Waals surface area contributed by atoms with Gasteiger partial charge in [-0.2, -0.15) is 0 Å². The Morgan fingerprint density at radius 1 is 1.31 bits per heavy atom. The SMILES string of the molecule is CCNCCc1nnc(-c2ccc(Br)o2)o1. The van der Waals surface area contributed by atoms with Crippen molar-refractivity contribution < 1.29 is 8.83 Å². The lowest BCUT2D eigenvalue weighted by Crippen LogP contribution is -2.16. The summed E-state index contributed by atoms with van der Waals surface area (Å²) in [6, 6.07) is 3.57. The highest BCUT2D eigenvalue weighted by molar-refractivity contribution is 9.10. The first kappa shape index (κ1) is 11.3. The van der Waals surface area contributed by atoms with E-state index in [1.807, 2.05) is 0 Å². The quantitative estimate of drug-likeness (QED) is 0.854. The molecular weight excluding hydrogens is 274 g/mol. The van der Waals surface area contributed by atoms with E-state index in [0.29, 0.717) is 22.2 Å². The smallest absolute Gasteiger partial charge is 0.283 e. The Labute approximate surface area is 101 Å². The Morgan fingerprint density at radius 3 is 2.88 bits per heavy atom. The summed E-state index contributed by atoms with van der Waals surface area (Å²) in [7, 11) is 0. The van der Waals surface area contributed by atoms with Crippen LogP contribution >= 0.6 is 15.9 Å². The second-order valence-electron chi connectivity index (χ2n) is 3.21. The van der Waals surface area contributed by atoms with Gasteiger partial charge < -0.3 is 14.2 Å². The van der Waals surface area contributed by atoms with Crippen molar-refractivity contribution in [3.8, 4) is 11.7 Å². The molecule has 0 amide bonds. The minimum absolute atomic E-state index is 0.414. The van der Waals surface area contributed by atoms with Crippen molar-refractivity contribution in [1.82, 2.24) is 15.5 Å². The van der Waals surface area contributed by atoms with Crippen LogP contribution in [-0.4, -0.2) is 23.3 Å². The van der Waals surface area contributed by atoms with Crippen molar-refractivity contribution in [3.63, 3.8) is 0 Å². The summed E-state index contributed by atoms with van der Waals surface area (Å²) in [6.45, 7) is 3.83. The fourth-order valence-corrected chi connectivity index (χ4v) is 1.56. The lowest BCUT2D eigenvalue weighted by Gasteiger charge is -1.95. The molecule has 2 rings (SSSR count). The molecule has 0 aliphatic rings. The molecule has 0 spiro atoms. The van der Waals surface area contributed by atoms with E-state index < -0.39 is 0 Å². The Kier molecular flexibility index (Phi) is 3.74. The summed E-state index contributed by atoms with van der Waals surface area (Å²) >= 11 is 3.22. The van der Waals surface area contributed by atoms with Crippen molar-refractivity contribution in [2.45, 2.75) is 13.3 Å². The van der Waals surface area contributed by atoms with Crippen molar-refractivity contribution >= 4 is 15.9 Å². The van der Waals surface area contributed by atoms with Crippen LogP contribution in [0.2, 0.25) is 0 Å². The van der Waals surface area contributed by atoms with Crippen LogP contribution in [-0.2, 0) is 6.42 Å². The lowest BCUT2D eigenvalue weighted by molar-refractivity contribution is 0.469. The van der Waals surface area contributed by atoms with Crippen LogP contribution in [0.1, 0.15) is 12.8 Å². The van der Waals surface area contributed by atoms with Gasteiger partial charge in [-0.15, -0.1) is 10.2 Å². The van der Waals surface area contributed by atoms with Crippen LogP contribution in [0.3, 0.4) is 0 Å². The maximum atomic E-state index is 5.45. The summed E-state index contributed by atoms with van der Waals surface area (Å²) in [6.07, 6.45) is 0.725. The Bertz CT molecular complexity index is 452. The minimum atomic E-state index is 0.414. The third-order valence-electron chi connectivity index (χ3n) is 2.02. The first-order chi connectivity index (χ1) is 7.79. The molecule has 0 fully saturated rings. The number of rotatable bonds is 5. The fraction of sp³-hybridized carbons (Fsp3) is 0.400. The van der Waals surface area contributed by atoms with E-state index in [-0.39, 0.29) is 0 Å². The molecule has 0 aromatic carbocycles. The van der Waals surface area contributed by atoms with Gasteiger partial charge in [-0.1, -0.05) is 6.92 Å². The minimum Gasteiger partial charge on any atom is -0.444 e. The summed E-state index contributed by atoms with van der Waals surface area (Å²) in [5, 5.41) is 11.1. The third-order valence-corrected chi connectivity index (χ3v) is 2.44. The largest absolute Gasteiger partial charge is 0.444 e. The zero-order valence-corrected chi connectivity index (χ0v) is 10.5. The van der Waals surface area contributed by atoms with Gasteiger partial charge in [0, 0.05) is 13.0 Å². The zero-order chi connectivity index (χ0) is 11.4.